The van der Waals surface area contributed by atoms with E-state index in [1.807, 2.05) is 42.5 Å². The predicted octanol–water partition coefficient (Wildman–Crippen LogP) is 4.73. The summed E-state index contributed by atoms with van der Waals surface area (Å²) in [4.78, 5) is 15.6. The van der Waals surface area contributed by atoms with E-state index in [1.54, 1.807) is 0 Å². The van der Waals surface area contributed by atoms with Crippen LogP contribution in [0.15, 0.2) is 174 Å². The largest absolute Gasteiger partial charge is 0.456 e. The second-order valence-corrected chi connectivity index (χ2v) is 15.7. The van der Waals surface area contributed by atoms with E-state index in [0.29, 0.717) is 17.5 Å². The molecule has 0 saturated carbocycles. The van der Waals surface area contributed by atoms with E-state index in [9.17, 15) is 0 Å². The van der Waals surface area contributed by atoms with Gasteiger partial charge in [0, 0.05) is 27.5 Å². The molecule has 4 nitrogen and oxygen atoms in total. The van der Waals surface area contributed by atoms with Crippen LogP contribution in [0.5, 0.6) is 0 Å². The Hall–Kier alpha value is -7.11. The third kappa shape index (κ3) is 6.57. The summed E-state index contributed by atoms with van der Waals surface area (Å²) in [6.07, 6.45) is 0. The number of aromatic nitrogens is 3. The molecule has 278 valence electrons. The first-order chi connectivity index (χ1) is 29.3. The molecule has 0 saturated heterocycles. The van der Waals surface area contributed by atoms with Crippen LogP contribution in [0.25, 0.3) is 101 Å². The van der Waals surface area contributed by atoms with Crippen molar-refractivity contribution in [2.75, 3.05) is 0 Å². The normalized spacial score (nSPS) is 11.3. The van der Waals surface area contributed by atoms with E-state index in [0.717, 1.165) is 60.9 Å². The average Bonchev–Trinajstić information content (AvgIpc) is 3.70. The van der Waals surface area contributed by atoms with Gasteiger partial charge in [-0.15, -0.1) is 16.4 Å². The van der Waals surface area contributed by atoms with Gasteiger partial charge >= 0.3 is 0 Å². The molecule has 60 heavy (non-hydrogen) atoms. The van der Waals surface area contributed by atoms with Crippen LogP contribution in [0.4, 0.5) is 0 Å². The van der Waals surface area contributed by atoms with Gasteiger partial charge in [-0.05, 0) is 62.7 Å². The van der Waals surface area contributed by atoms with Gasteiger partial charge in [-0.1, -0.05) is 163 Å². The minimum atomic E-state index is 0.594. The standard InChI is InChI=1S/C51H38B5N3O/c52-44-41(45(53)47(55)48(56)46(44)54)35-14-7-15-36(28-35)50-57-49(34-12-5-2-6-13-34)58-51(59-50)38-17-9-19-40-43(38)42-37(16-8-18-39(42)60-40)33-26-24-32(25-27-33)31-22-20-30(21-23-31)29-10-3-1-4-11-29/h1-28H,52-56H2. The molecule has 10 aromatic rings. The first-order valence-electron chi connectivity index (χ1n) is 20.5. The van der Waals surface area contributed by atoms with E-state index in [1.165, 1.54) is 49.6 Å². The second kappa shape index (κ2) is 15.2. The van der Waals surface area contributed by atoms with E-state index in [-0.39, 0.29) is 0 Å². The molecule has 0 bridgehead atoms. The van der Waals surface area contributed by atoms with Crippen LogP contribution in [0, 0.1) is 0 Å². The fourth-order valence-corrected chi connectivity index (χ4v) is 8.71. The van der Waals surface area contributed by atoms with Gasteiger partial charge in [-0.25, -0.2) is 15.0 Å². The van der Waals surface area contributed by atoms with E-state index in [4.69, 9.17) is 19.4 Å². The van der Waals surface area contributed by atoms with Crippen molar-refractivity contribution in [3.8, 4) is 78.7 Å². The summed E-state index contributed by atoms with van der Waals surface area (Å²) in [5.74, 6) is 1.83. The lowest BCUT2D eigenvalue weighted by Crippen LogP contribution is -2.55. The van der Waals surface area contributed by atoms with Crippen LogP contribution in [-0.4, -0.2) is 54.2 Å². The number of hydrogen-bond donors (Lipinski definition) is 0. The van der Waals surface area contributed by atoms with Crippen LogP contribution in [0.3, 0.4) is 0 Å². The van der Waals surface area contributed by atoms with Crippen LogP contribution in [0.1, 0.15) is 0 Å². The zero-order valence-corrected chi connectivity index (χ0v) is 34.4. The number of rotatable bonds is 7. The van der Waals surface area contributed by atoms with Crippen molar-refractivity contribution in [2.24, 2.45) is 0 Å². The van der Waals surface area contributed by atoms with Crippen LogP contribution >= 0.6 is 0 Å². The Bertz CT molecular complexity index is 3210. The van der Waals surface area contributed by atoms with Crippen molar-refractivity contribution in [1.29, 1.82) is 0 Å². The Kier molecular flexibility index (Phi) is 9.45. The number of hydrogen-bond acceptors (Lipinski definition) is 4. The molecule has 0 fully saturated rings. The monoisotopic (exact) mass is 763 g/mol. The van der Waals surface area contributed by atoms with Crippen LogP contribution in [0.2, 0.25) is 0 Å². The van der Waals surface area contributed by atoms with Gasteiger partial charge in [0.15, 0.2) is 17.5 Å². The summed E-state index contributed by atoms with van der Waals surface area (Å²) >= 11 is 0. The van der Waals surface area contributed by atoms with E-state index >= 15 is 0 Å². The minimum absolute atomic E-state index is 0.594. The molecule has 0 spiro atoms. The van der Waals surface area contributed by atoms with Crippen molar-refractivity contribution < 1.29 is 4.42 Å². The lowest BCUT2D eigenvalue weighted by atomic mass is 9.59. The van der Waals surface area contributed by atoms with Crippen molar-refractivity contribution in [1.82, 2.24) is 15.0 Å². The summed E-state index contributed by atoms with van der Waals surface area (Å²) < 4.78 is 6.59. The summed E-state index contributed by atoms with van der Waals surface area (Å²) in [5, 5.41) is 2.01. The molecular formula is C51H38B5N3O. The lowest BCUT2D eigenvalue weighted by Gasteiger charge is -2.20. The Morgan fingerprint density at radius 3 is 1.28 bits per heavy atom. The molecule has 2 heterocycles. The van der Waals surface area contributed by atoms with Crippen molar-refractivity contribution in [3.63, 3.8) is 0 Å². The second-order valence-electron chi connectivity index (χ2n) is 15.7. The summed E-state index contributed by atoms with van der Waals surface area (Å²) in [6, 6.07) is 59.3. The predicted molar refractivity (Wildman–Crippen MR) is 266 cm³/mol. The van der Waals surface area contributed by atoms with Gasteiger partial charge in [0.2, 0.25) is 0 Å². The van der Waals surface area contributed by atoms with E-state index < -0.39 is 0 Å². The highest BCUT2D eigenvalue weighted by atomic mass is 16.3. The maximum Gasteiger partial charge on any atom is 0.164 e. The van der Waals surface area contributed by atoms with Gasteiger partial charge in [0.1, 0.15) is 50.4 Å². The molecule has 9 heteroatoms. The fourth-order valence-electron chi connectivity index (χ4n) is 8.71. The molecule has 0 N–H and O–H groups in total. The van der Waals surface area contributed by atoms with Crippen molar-refractivity contribution in [2.45, 2.75) is 0 Å². The molecule has 0 aliphatic carbocycles. The molecule has 8 aromatic carbocycles. The Morgan fingerprint density at radius 1 is 0.300 bits per heavy atom. The molecular weight excluding hydrogens is 725 g/mol. The van der Waals surface area contributed by atoms with Crippen LogP contribution < -0.4 is 27.3 Å². The molecule has 0 aliphatic heterocycles. The van der Waals surface area contributed by atoms with Gasteiger partial charge in [-0.2, -0.15) is 0 Å². The van der Waals surface area contributed by atoms with Gasteiger partial charge < -0.3 is 4.42 Å². The zero-order chi connectivity index (χ0) is 40.9. The molecule has 0 aliphatic rings. The van der Waals surface area contributed by atoms with Crippen molar-refractivity contribution >= 4 is 88.5 Å². The first-order valence-corrected chi connectivity index (χ1v) is 20.5. The Morgan fingerprint density at radius 2 is 0.700 bits per heavy atom. The van der Waals surface area contributed by atoms with Crippen molar-refractivity contribution in [3.05, 3.63) is 170 Å². The van der Waals surface area contributed by atoms with Gasteiger partial charge in [0.05, 0.1) is 0 Å². The quantitative estimate of drug-likeness (QED) is 0.221. The maximum absolute atomic E-state index is 6.59. The average molecular weight is 763 g/mol. The van der Waals surface area contributed by atoms with Gasteiger partial charge in [0.25, 0.3) is 0 Å². The van der Waals surface area contributed by atoms with Crippen LogP contribution in [-0.2, 0) is 0 Å². The highest BCUT2D eigenvalue weighted by Gasteiger charge is 2.21. The number of fused-ring (bicyclic) bond motifs is 3. The topological polar surface area (TPSA) is 51.8 Å². The third-order valence-corrected chi connectivity index (χ3v) is 12.4. The number of furan rings is 1. The lowest BCUT2D eigenvalue weighted by molar-refractivity contribution is 0.669. The molecule has 2 aromatic heterocycles. The minimum Gasteiger partial charge on any atom is -0.456 e. The third-order valence-electron chi connectivity index (χ3n) is 12.4. The number of nitrogens with zero attached hydrogens (tertiary/aromatic N) is 3. The smallest absolute Gasteiger partial charge is 0.164 e. The highest BCUT2D eigenvalue weighted by molar-refractivity contribution is 6.68. The Balaban J connectivity index is 1.10. The maximum atomic E-state index is 6.59. The molecule has 0 unspecified atom stereocenters. The summed E-state index contributed by atoms with van der Waals surface area (Å²) in [6.45, 7) is 0. The molecule has 0 amide bonds. The summed E-state index contributed by atoms with van der Waals surface area (Å²) in [5.41, 5.74) is 20.3. The molecule has 10 rings (SSSR count). The zero-order valence-electron chi connectivity index (χ0n) is 34.4. The molecule has 0 atom stereocenters. The van der Waals surface area contributed by atoms with Gasteiger partial charge in [-0.3, -0.25) is 0 Å². The van der Waals surface area contributed by atoms with E-state index in [2.05, 4.69) is 167 Å². The molecule has 0 radical (unpaired) electrons. The Labute approximate surface area is 354 Å². The SMILES string of the molecule is Bc1c(B)c(B)c(-c2cccc(-c3nc(-c4ccccc4)nc(-c4cccc5oc6cccc(-c7ccc(-c8ccc(-c9ccccc9)cc8)cc7)c6c45)n3)c2)c(B)c1B. The summed E-state index contributed by atoms with van der Waals surface area (Å²) in [7, 11) is 11.1. The fraction of sp³-hybridized carbons (Fsp3) is 0. The highest BCUT2D eigenvalue weighted by Crippen LogP contribution is 2.42. The number of benzene rings is 8. The first kappa shape index (κ1) is 37.2.